The summed E-state index contributed by atoms with van der Waals surface area (Å²) in [4.78, 5) is 14.0. The van der Waals surface area contributed by atoms with Crippen molar-refractivity contribution >= 4 is 28.9 Å². The molecule has 0 N–H and O–H groups in total. The van der Waals surface area contributed by atoms with Crippen molar-refractivity contribution in [3.63, 3.8) is 0 Å². The molecule has 13 heteroatoms. The van der Waals surface area contributed by atoms with Gasteiger partial charge in [0, 0.05) is 23.4 Å². The zero-order valence-electron chi connectivity index (χ0n) is 28.0. The fourth-order valence-electron chi connectivity index (χ4n) is 5.03. The molecule has 0 unspecified atom stereocenters. The highest BCUT2D eigenvalue weighted by Crippen LogP contribution is 2.44. The standard InChI is InChI=1S/C35H38N4O8S/c1-21-11-10-12-23(15-21)20-36-39-22(2)37-38-35(39)48-14-9-8-13-46-34-31(40)30-26(42-4)18-25(41-3)19-27(30)47-32(34)24-16-28(43-5)33(45-7)29(17-24)44-6/h10-12,15-20H,8-9,13-14H2,1-7H3. The second kappa shape index (κ2) is 15.6. The number of fused-ring (bicyclic) bond motifs is 1. The number of hydrogen-bond acceptors (Lipinski definition) is 12. The van der Waals surface area contributed by atoms with Gasteiger partial charge in [-0.2, -0.15) is 9.78 Å². The van der Waals surface area contributed by atoms with Gasteiger partial charge < -0.3 is 32.8 Å². The summed E-state index contributed by atoms with van der Waals surface area (Å²) in [5, 5.41) is 14.0. The molecule has 252 valence electrons. The fourth-order valence-corrected chi connectivity index (χ4v) is 5.96. The number of thioether (sulfide) groups is 1. The highest BCUT2D eigenvalue weighted by Gasteiger charge is 2.24. The smallest absolute Gasteiger partial charge is 0.239 e. The number of hydrogen-bond donors (Lipinski definition) is 0. The van der Waals surface area contributed by atoms with Crippen LogP contribution in [0.1, 0.15) is 29.8 Å². The molecule has 0 aliphatic carbocycles. The third-order valence-corrected chi connectivity index (χ3v) is 8.43. The van der Waals surface area contributed by atoms with Crippen LogP contribution >= 0.6 is 11.8 Å². The van der Waals surface area contributed by atoms with Crippen LogP contribution < -0.4 is 33.8 Å². The van der Waals surface area contributed by atoms with E-state index in [9.17, 15) is 4.79 Å². The molecule has 5 rings (SSSR count). The predicted molar refractivity (Wildman–Crippen MR) is 185 cm³/mol. The number of aromatic nitrogens is 3. The quantitative estimate of drug-likeness (QED) is 0.0682. The van der Waals surface area contributed by atoms with Gasteiger partial charge in [-0.15, -0.1) is 10.2 Å². The summed E-state index contributed by atoms with van der Waals surface area (Å²) in [5.74, 6) is 3.64. The van der Waals surface area contributed by atoms with E-state index in [0.29, 0.717) is 51.7 Å². The van der Waals surface area contributed by atoms with Crippen LogP contribution in [0.15, 0.2) is 68.0 Å². The van der Waals surface area contributed by atoms with Crippen LogP contribution in [0.5, 0.6) is 34.5 Å². The number of benzene rings is 3. The van der Waals surface area contributed by atoms with Gasteiger partial charge in [-0.05, 0) is 44.4 Å². The molecular weight excluding hydrogens is 636 g/mol. The average Bonchev–Trinajstić information content (AvgIpc) is 3.46. The van der Waals surface area contributed by atoms with E-state index in [1.165, 1.54) is 35.5 Å². The summed E-state index contributed by atoms with van der Waals surface area (Å²) in [6.45, 7) is 4.16. The number of aryl methyl sites for hydroxylation is 2. The van der Waals surface area contributed by atoms with Gasteiger partial charge in [-0.1, -0.05) is 41.6 Å². The lowest BCUT2D eigenvalue weighted by Gasteiger charge is -2.17. The number of nitrogens with zero attached hydrogens (tertiary/aromatic N) is 4. The Morgan fingerprint density at radius 3 is 2.27 bits per heavy atom. The Bertz CT molecular complexity index is 1960. The maximum atomic E-state index is 14.0. The highest BCUT2D eigenvalue weighted by atomic mass is 32.2. The molecule has 2 heterocycles. The van der Waals surface area contributed by atoms with Crippen molar-refractivity contribution in [2.45, 2.75) is 31.8 Å². The van der Waals surface area contributed by atoms with Crippen LogP contribution in [0.2, 0.25) is 0 Å². The average molecular weight is 675 g/mol. The summed E-state index contributed by atoms with van der Waals surface area (Å²) in [6, 6.07) is 14.8. The number of unbranched alkanes of at least 4 members (excludes halogenated alkanes) is 1. The van der Waals surface area contributed by atoms with E-state index in [2.05, 4.69) is 21.4 Å². The van der Waals surface area contributed by atoms with Crippen molar-refractivity contribution in [1.29, 1.82) is 0 Å². The van der Waals surface area contributed by atoms with Crippen molar-refractivity contribution in [2.24, 2.45) is 5.10 Å². The predicted octanol–water partition coefficient (Wildman–Crippen LogP) is 6.54. The van der Waals surface area contributed by atoms with E-state index < -0.39 is 0 Å². The summed E-state index contributed by atoms with van der Waals surface area (Å²) in [7, 11) is 7.56. The summed E-state index contributed by atoms with van der Waals surface area (Å²) >= 11 is 1.55. The Labute approximate surface area is 282 Å². The molecule has 5 aromatic rings. The first-order chi connectivity index (χ1) is 23.3. The maximum Gasteiger partial charge on any atom is 0.239 e. The lowest BCUT2D eigenvalue weighted by Crippen LogP contribution is -2.12. The van der Waals surface area contributed by atoms with Crippen LogP contribution in [0.3, 0.4) is 0 Å². The SMILES string of the molecule is COc1cc(OC)c2c(=O)c(OCCCCSc3nnc(C)n3N=Cc3cccc(C)c3)c(-c3cc(OC)c(OC)c(OC)c3)oc2c1. The van der Waals surface area contributed by atoms with Gasteiger partial charge in [0.1, 0.15) is 22.5 Å². The molecule has 0 radical (unpaired) electrons. The van der Waals surface area contributed by atoms with Crippen molar-refractivity contribution in [3.8, 4) is 45.8 Å². The van der Waals surface area contributed by atoms with Gasteiger partial charge >= 0.3 is 0 Å². The third kappa shape index (κ3) is 7.36. The normalized spacial score (nSPS) is 11.2. The monoisotopic (exact) mass is 674 g/mol. The van der Waals surface area contributed by atoms with Crippen molar-refractivity contribution in [1.82, 2.24) is 14.9 Å². The largest absolute Gasteiger partial charge is 0.496 e. The van der Waals surface area contributed by atoms with Gasteiger partial charge in [0.15, 0.2) is 23.1 Å². The minimum Gasteiger partial charge on any atom is -0.496 e. The van der Waals surface area contributed by atoms with Gasteiger partial charge in [-0.25, -0.2) is 0 Å². The van der Waals surface area contributed by atoms with Crippen LogP contribution in [0.4, 0.5) is 0 Å². The lowest BCUT2D eigenvalue weighted by molar-refractivity contribution is 0.301. The van der Waals surface area contributed by atoms with E-state index >= 15 is 0 Å². The van der Waals surface area contributed by atoms with E-state index in [-0.39, 0.29) is 34.5 Å². The minimum atomic E-state index is -0.385. The Kier molecular flexibility index (Phi) is 11.1. The highest BCUT2D eigenvalue weighted by molar-refractivity contribution is 7.99. The summed E-state index contributed by atoms with van der Waals surface area (Å²) in [5.41, 5.74) is 2.54. The first-order valence-electron chi connectivity index (χ1n) is 15.1. The van der Waals surface area contributed by atoms with Crippen molar-refractivity contribution < 1.29 is 32.8 Å². The first kappa shape index (κ1) is 34.2. The van der Waals surface area contributed by atoms with Gasteiger partial charge in [0.2, 0.25) is 22.1 Å². The van der Waals surface area contributed by atoms with Crippen LogP contribution in [0, 0.1) is 13.8 Å². The molecule has 0 aliphatic heterocycles. The molecule has 0 aliphatic rings. The number of rotatable bonds is 15. The number of methoxy groups -OCH3 is 5. The molecule has 0 atom stereocenters. The second-order valence-electron chi connectivity index (χ2n) is 10.6. The fraction of sp³-hybridized carbons (Fsp3) is 0.314. The molecule has 0 fully saturated rings. The Morgan fingerprint density at radius 2 is 1.60 bits per heavy atom. The van der Waals surface area contributed by atoms with E-state index in [0.717, 1.165) is 23.3 Å². The van der Waals surface area contributed by atoms with E-state index in [1.54, 1.807) is 46.9 Å². The maximum absolute atomic E-state index is 14.0. The topological polar surface area (TPSA) is 129 Å². The van der Waals surface area contributed by atoms with Crippen LogP contribution in [0.25, 0.3) is 22.3 Å². The molecule has 0 amide bonds. The molecule has 2 aromatic heterocycles. The van der Waals surface area contributed by atoms with Gasteiger partial charge in [-0.3, -0.25) is 4.79 Å². The zero-order chi connectivity index (χ0) is 34.2. The second-order valence-corrected chi connectivity index (χ2v) is 11.7. The molecule has 12 nitrogen and oxygen atoms in total. The molecular formula is C35H38N4O8S. The number of ether oxygens (including phenoxy) is 6. The van der Waals surface area contributed by atoms with Crippen LogP contribution in [-0.2, 0) is 0 Å². The summed E-state index contributed by atoms with van der Waals surface area (Å²) in [6.07, 6.45) is 3.22. The molecule has 0 saturated heterocycles. The lowest BCUT2D eigenvalue weighted by atomic mass is 10.1. The molecule has 0 bridgehead atoms. The third-order valence-electron chi connectivity index (χ3n) is 7.42. The van der Waals surface area contributed by atoms with Gasteiger partial charge in [0.05, 0.1) is 48.4 Å². The molecule has 0 spiro atoms. The van der Waals surface area contributed by atoms with E-state index in [4.69, 9.17) is 32.8 Å². The van der Waals surface area contributed by atoms with Crippen molar-refractivity contribution in [3.05, 3.63) is 75.7 Å². The summed E-state index contributed by atoms with van der Waals surface area (Å²) < 4.78 is 41.8. The van der Waals surface area contributed by atoms with Crippen molar-refractivity contribution in [2.75, 3.05) is 47.9 Å². The van der Waals surface area contributed by atoms with Gasteiger partial charge in [0.25, 0.3) is 0 Å². The van der Waals surface area contributed by atoms with E-state index in [1.807, 2.05) is 32.0 Å². The zero-order valence-corrected chi connectivity index (χ0v) is 28.8. The Hall–Kier alpha value is -5.17. The Morgan fingerprint density at radius 1 is 0.854 bits per heavy atom. The minimum absolute atomic E-state index is 0.0359. The molecule has 3 aromatic carbocycles. The van der Waals surface area contributed by atoms with Crippen LogP contribution in [-0.4, -0.2) is 69.0 Å². The molecule has 48 heavy (non-hydrogen) atoms. The first-order valence-corrected chi connectivity index (χ1v) is 16.1. The molecule has 0 saturated carbocycles. The Balaban J connectivity index is 1.37.